The number of nitrogens with one attached hydrogen (secondary N) is 1. The van der Waals surface area contributed by atoms with Crippen LogP contribution in [-0.2, 0) is 14.6 Å². The standard InChI is InChI=1S/C10H12N2O4S/c13-8-2-1-4-11-9(8)12-10(14)7-3-5-17(15,16)6-7/h1-2,4,7,13H,3,5-6H2,(H,11,12,14). The van der Waals surface area contributed by atoms with Crippen LogP contribution in [0.1, 0.15) is 6.42 Å². The van der Waals surface area contributed by atoms with Gasteiger partial charge in [-0.25, -0.2) is 13.4 Å². The molecule has 1 aliphatic heterocycles. The molecule has 2 heterocycles. The third-order valence-corrected chi connectivity index (χ3v) is 4.40. The van der Waals surface area contributed by atoms with Crippen LogP contribution >= 0.6 is 0 Å². The van der Waals surface area contributed by atoms with E-state index in [1.165, 1.54) is 18.3 Å². The second-order valence-corrected chi connectivity index (χ2v) is 6.19. The van der Waals surface area contributed by atoms with E-state index < -0.39 is 21.7 Å². The van der Waals surface area contributed by atoms with Gasteiger partial charge < -0.3 is 10.4 Å². The predicted molar refractivity (Wildman–Crippen MR) is 61.3 cm³/mol. The first-order valence-electron chi connectivity index (χ1n) is 5.13. The van der Waals surface area contributed by atoms with Crippen molar-refractivity contribution in [2.75, 3.05) is 16.8 Å². The number of pyridine rings is 1. The van der Waals surface area contributed by atoms with Gasteiger partial charge in [-0.2, -0.15) is 0 Å². The zero-order chi connectivity index (χ0) is 12.5. The van der Waals surface area contributed by atoms with Gasteiger partial charge in [0.05, 0.1) is 17.4 Å². The Morgan fingerprint density at radius 3 is 2.88 bits per heavy atom. The summed E-state index contributed by atoms with van der Waals surface area (Å²) < 4.78 is 22.4. The van der Waals surface area contributed by atoms with E-state index in [0.29, 0.717) is 6.42 Å². The Bertz CT molecular complexity index is 541. The van der Waals surface area contributed by atoms with Crippen LogP contribution in [0.4, 0.5) is 5.82 Å². The molecule has 0 bridgehead atoms. The fourth-order valence-corrected chi connectivity index (χ4v) is 3.46. The van der Waals surface area contributed by atoms with Gasteiger partial charge in [0.1, 0.15) is 0 Å². The number of aromatic hydroxyl groups is 1. The third kappa shape index (κ3) is 2.73. The summed E-state index contributed by atoms with van der Waals surface area (Å²) in [5, 5.41) is 11.8. The SMILES string of the molecule is O=C(Nc1ncccc1O)C1CCS(=O)(=O)C1. The Balaban J connectivity index is 2.06. The molecule has 1 amide bonds. The van der Waals surface area contributed by atoms with Crippen molar-refractivity contribution in [1.82, 2.24) is 4.98 Å². The first-order chi connectivity index (χ1) is 7.98. The van der Waals surface area contributed by atoms with E-state index in [1.54, 1.807) is 0 Å². The van der Waals surface area contributed by atoms with Crippen molar-refractivity contribution < 1.29 is 18.3 Å². The maximum absolute atomic E-state index is 11.7. The van der Waals surface area contributed by atoms with Crippen LogP contribution in [0.2, 0.25) is 0 Å². The molecule has 2 N–H and O–H groups in total. The van der Waals surface area contributed by atoms with Gasteiger partial charge in [0.15, 0.2) is 21.4 Å². The molecule has 0 radical (unpaired) electrons. The number of aromatic nitrogens is 1. The minimum absolute atomic E-state index is 0.0410. The van der Waals surface area contributed by atoms with Gasteiger partial charge in [0.25, 0.3) is 0 Å². The Morgan fingerprint density at radius 2 is 2.29 bits per heavy atom. The van der Waals surface area contributed by atoms with Gasteiger partial charge in [-0.05, 0) is 18.6 Å². The average molecular weight is 256 g/mol. The van der Waals surface area contributed by atoms with E-state index in [-0.39, 0.29) is 23.1 Å². The normalized spacial score (nSPS) is 22.2. The van der Waals surface area contributed by atoms with Crippen LogP contribution in [0.25, 0.3) is 0 Å². The number of carbonyl (C=O) groups excluding carboxylic acids is 1. The molecule has 0 saturated carbocycles. The van der Waals surface area contributed by atoms with Crippen LogP contribution in [0, 0.1) is 5.92 Å². The van der Waals surface area contributed by atoms with Crippen LogP contribution in [0.15, 0.2) is 18.3 Å². The average Bonchev–Trinajstić information content (AvgIpc) is 2.62. The van der Waals surface area contributed by atoms with Crippen LogP contribution in [0.5, 0.6) is 5.75 Å². The molecule has 1 fully saturated rings. The van der Waals surface area contributed by atoms with Crippen molar-refractivity contribution >= 4 is 21.6 Å². The third-order valence-electron chi connectivity index (χ3n) is 2.63. The zero-order valence-corrected chi connectivity index (χ0v) is 9.77. The van der Waals surface area contributed by atoms with Crippen molar-refractivity contribution in [1.29, 1.82) is 0 Å². The molecule has 17 heavy (non-hydrogen) atoms. The Labute approximate surface area is 98.6 Å². The fourth-order valence-electron chi connectivity index (χ4n) is 1.71. The minimum Gasteiger partial charge on any atom is -0.504 e. The van der Waals surface area contributed by atoms with Crippen molar-refractivity contribution in [2.24, 2.45) is 5.92 Å². The summed E-state index contributed by atoms with van der Waals surface area (Å²) in [4.78, 5) is 15.5. The molecule has 2 rings (SSSR count). The number of nitrogens with zero attached hydrogens (tertiary/aromatic N) is 1. The molecule has 1 aromatic heterocycles. The van der Waals surface area contributed by atoms with Crippen molar-refractivity contribution in [3.8, 4) is 5.75 Å². The summed E-state index contributed by atoms with van der Waals surface area (Å²) in [5.74, 6) is -1.14. The summed E-state index contributed by atoms with van der Waals surface area (Å²) >= 11 is 0. The van der Waals surface area contributed by atoms with E-state index >= 15 is 0 Å². The second-order valence-electron chi connectivity index (χ2n) is 3.96. The summed E-state index contributed by atoms with van der Waals surface area (Å²) in [7, 11) is -3.09. The highest BCUT2D eigenvalue weighted by molar-refractivity contribution is 7.91. The molecule has 1 saturated heterocycles. The monoisotopic (exact) mass is 256 g/mol. The van der Waals surface area contributed by atoms with E-state index in [1.807, 2.05) is 0 Å². The second kappa shape index (κ2) is 4.33. The molecule has 1 aromatic rings. The lowest BCUT2D eigenvalue weighted by molar-refractivity contribution is -0.119. The molecule has 6 nitrogen and oxygen atoms in total. The number of anilines is 1. The smallest absolute Gasteiger partial charge is 0.229 e. The van der Waals surface area contributed by atoms with Crippen molar-refractivity contribution in [3.05, 3.63) is 18.3 Å². The van der Waals surface area contributed by atoms with Crippen LogP contribution < -0.4 is 5.32 Å². The Morgan fingerprint density at radius 1 is 1.53 bits per heavy atom. The molecule has 0 spiro atoms. The lowest BCUT2D eigenvalue weighted by atomic mass is 10.1. The highest BCUT2D eigenvalue weighted by Crippen LogP contribution is 2.23. The first kappa shape index (κ1) is 11.8. The topological polar surface area (TPSA) is 96.4 Å². The number of rotatable bonds is 2. The summed E-state index contributed by atoms with van der Waals surface area (Å²) in [6.45, 7) is 0. The molecule has 0 aliphatic carbocycles. The fraction of sp³-hybridized carbons (Fsp3) is 0.400. The van der Waals surface area contributed by atoms with E-state index in [4.69, 9.17) is 0 Å². The van der Waals surface area contributed by atoms with Crippen molar-refractivity contribution in [2.45, 2.75) is 6.42 Å². The largest absolute Gasteiger partial charge is 0.504 e. The molecule has 92 valence electrons. The number of hydrogen-bond acceptors (Lipinski definition) is 5. The van der Waals surface area contributed by atoms with Gasteiger partial charge in [-0.15, -0.1) is 0 Å². The highest BCUT2D eigenvalue weighted by atomic mass is 32.2. The number of hydrogen-bond donors (Lipinski definition) is 2. The summed E-state index contributed by atoms with van der Waals surface area (Å²) in [6, 6.07) is 2.93. The maximum Gasteiger partial charge on any atom is 0.229 e. The molecule has 1 unspecified atom stereocenters. The maximum atomic E-state index is 11.7. The Hall–Kier alpha value is -1.63. The lowest BCUT2D eigenvalue weighted by Crippen LogP contribution is -2.24. The number of sulfone groups is 1. The first-order valence-corrected chi connectivity index (χ1v) is 6.95. The Kier molecular flexibility index (Phi) is 3.01. The zero-order valence-electron chi connectivity index (χ0n) is 8.96. The molecule has 1 aliphatic rings. The summed E-state index contributed by atoms with van der Waals surface area (Å²) in [6.07, 6.45) is 1.75. The minimum atomic E-state index is -3.09. The highest BCUT2D eigenvalue weighted by Gasteiger charge is 2.33. The molecular weight excluding hydrogens is 244 g/mol. The van der Waals surface area contributed by atoms with E-state index in [9.17, 15) is 18.3 Å². The number of amides is 1. The molecule has 7 heteroatoms. The van der Waals surface area contributed by atoms with Gasteiger partial charge in [-0.3, -0.25) is 4.79 Å². The number of carbonyl (C=O) groups is 1. The lowest BCUT2D eigenvalue weighted by Gasteiger charge is -2.09. The predicted octanol–water partition coefficient (Wildman–Crippen LogP) is 0.160. The van der Waals surface area contributed by atoms with Crippen LogP contribution in [-0.4, -0.2) is 35.9 Å². The molecule has 0 aromatic carbocycles. The quantitative estimate of drug-likeness (QED) is 0.785. The molecular formula is C10H12N2O4S. The van der Waals surface area contributed by atoms with Gasteiger partial charge in [0.2, 0.25) is 5.91 Å². The van der Waals surface area contributed by atoms with Gasteiger partial charge >= 0.3 is 0 Å². The van der Waals surface area contributed by atoms with E-state index in [0.717, 1.165) is 0 Å². The van der Waals surface area contributed by atoms with Crippen LogP contribution in [0.3, 0.4) is 0 Å². The summed E-state index contributed by atoms with van der Waals surface area (Å²) in [5.41, 5.74) is 0. The van der Waals surface area contributed by atoms with Crippen molar-refractivity contribution in [3.63, 3.8) is 0 Å². The van der Waals surface area contributed by atoms with E-state index in [2.05, 4.69) is 10.3 Å². The van der Waals surface area contributed by atoms with Gasteiger partial charge in [0, 0.05) is 6.20 Å². The van der Waals surface area contributed by atoms with Gasteiger partial charge in [-0.1, -0.05) is 0 Å². The molecule has 1 atom stereocenters.